The highest BCUT2D eigenvalue weighted by Gasteiger charge is 2.30. The first-order valence-corrected chi connectivity index (χ1v) is 13.1. The van der Waals surface area contributed by atoms with E-state index in [1.54, 1.807) is 0 Å². The molecule has 202 valence electrons. The van der Waals surface area contributed by atoms with Gasteiger partial charge in [-0.1, -0.05) is 109 Å². The molecule has 1 heterocycles. The first-order chi connectivity index (χ1) is 19.9. The van der Waals surface area contributed by atoms with Gasteiger partial charge in [-0.25, -0.2) is 14.4 Å². The molecule has 0 radical (unpaired) electrons. The van der Waals surface area contributed by atoms with E-state index in [0.29, 0.717) is 17.2 Å². The van der Waals surface area contributed by atoms with E-state index in [1.807, 2.05) is 109 Å². The molecule has 1 atom stereocenters. The number of amidine groups is 2. The molecule has 0 spiro atoms. The lowest BCUT2D eigenvalue weighted by atomic mass is 10.0. The second-order valence-electron chi connectivity index (χ2n) is 9.75. The molecule has 0 saturated carbocycles. The molecule has 6 nitrogen and oxygen atoms in total. The predicted octanol–water partition coefficient (Wildman–Crippen LogP) is 7.08. The SMILES string of the molecule is Cc1c(O)c(C2N=C(c3ccc(-c4ccccc4)cc3)N=C(c3ccc(-c4ccccc4)cc3)N2)c(O)c(O)c1F. The number of nitrogens with zero attached hydrogens (tertiary/aromatic N) is 2. The van der Waals surface area contributed by atoms with Crippen molar-refractivity contribution in [2.24, 2.45) is 9.98 Å². The second kappa shape index (κ2) is 10.6. The molecule has 7 heteroatoms. The van der Waals surface area contributed by atoms with Crippen molar-refractivity contribution in [2.45, 2.75) is 13.1 Å². The zero-order valence-electron chi connectivity index (χ0n) is 22.1. The summed E-state index contributed by atoms with van der Waals surface area (Å²) in [5.74, 6) is -2.55. The van der Waals surface area contributed by atoms with E-state index in [2.05, 4.69) is 10.3 Å². The summed E-state index contributed by atoms with van der Waals surface area (Å²) in [5.41, 5.74) is 5.30. The van der Waals surface area contributed by atoms with Crippen LogP contribution in [0.3, 0.4) is 0 Å². The molecular weight excluding hydrogens is 517 g/mol. The molecule has 5 aromatic rings. The first kappa shape index (κ1) is 25.8. The quantitative estimate of drug-likeness (QED) is 0.141. The van der Waals surface area contributed by atoms with Crippen LogP contribution in [0.2, 0.25) is 0 Å². The molecule has 6 rings (SSSR count). The number of phenolic OH excluding ortho intramolecular Hbond substituents is 3. The van der Waals surface area contributed by atoms with Crippen molar-refractivity contribution in [1.82, 2.24) is 5.32 Å². The number of aliphatic imine (C=N–C) groups is 2. The molecule has 4 N–H and O–H groups in total. The molecule has 0 amide bonds. The normalized spacial score (nSPS) is 14.6. The maximum absolute atomic E-state index is 14.4. The summed E-state index contributed by atoms with van der Waals surface area (Å²) in [6.07, 6.45) is -1.06. The summed E-state index contributed by atoms with van der Waals surface area (Å²) in [4.78, 5) is 9.44. The van der Waals surface area contributed by atoms with Crippen LogP contribution in [0.1, 0.15) is 28.4 Å². The van der Waals surface area contributed by atoms with E-state index in [-0.39, 0.29) is 11.1 Å². The van der Waals surface area contributed by atoms with E-state index in [0.717, 1.165) is 27.8 Å². The van der Waals surface area contributed by atoms with Crippen molar-refractivity contribution in [3.05, 3.63) is 137 Å². The second-order valence-corrected chi connectivity index (χ2v) is 9.75. The van der Waals surface area contributed by atoms with Crippen molar-refractivity contribution in [1.29, 1.82) is 0 Å². The average Bonchev–Trinajstić information content (AvgIpc) is 3.04. The summed E-state index contributed by atoms with van der Waals surface area (Å²) in [6, 6.07) is 35.5. The summed E-state index contributed by atoms with van der Waals surface area (Å²) in [5, 5.41) is 34.9. The number of nitrogens with one attached hydrogen (secondary N) is 1. The topological polar surface area (TPSA) is 97.4 Å². The third-order valence-corrected chi connectivity index (χ3v) is 7.16. The Morgan fingerprint density at radius 1 is 0.585 bits per heavy atom. The lowest BCUT2D eigenvalue weighted by Gasteiger charge is -2.25. The average molecular weight is 544 g/mol. The van der Waals surface area contributed by atoms with Crippen LogP contribution in [0.5, 0.6) is 17.2 Å². The fourth-order valence-corrected chi connectivity index (χ4v) is 4.85. The molecule has 0 bridgehead atoms. The van der Waals surface area contributed by atoms with Crippen LogP contribution in [-0.4, -0.2) is 27.0 Å². The Morgan fingerprint density at radius 2 is 1.05 bits per heavy atom. The van der Waals surface area contributed by atoms with Gasteiger partial charge in [0.05, 0.1) is 5.56 Å². The van der Waals surface area contributed by atoms with Gasteiger partial charge in [-0.05, 0) is 29.2 Å². The number of benzene rings is 5. The van der Waals surface area contributed by atoms with E-state index < -0.39 is 29.2 Å². The molecule has 1 aliphatic rings. The highest BCUT2D eigenvalue weighted by Crippen LogP contribution is 2.45. The van der Waals surface area contributed by atoms with Crippen LogP contribution in [0, 0.1) is 12.7 Å². The van der Waals surface area contributed by atoms with Gasteiger partial charge in [0.15, 0.2) is 29.3 Å². The molecule has 41 heavy (non-hydrogen) atoms. The fourth-order valence-electron chi connectivity index (χ4n) is 4.85. The lowest BCUT2D eigenvalue weighted by Crippen LogP contribution is -2.33. The zero-order valence-corrected chi connectivity index (χ0v) is 22.1. The standard InChI is InChI=1S/C34H26FN3O3/c1-20-28(35)31(41)30(40)27(29(20)39)34-37-32(25-16-12-23(13-17-25)21-8-4-2-5-9-21)36-33(38-34)26-18-14-24(15-19-26)22-10-6-3-7-11-22/h2-19,34,39-41H,1H3,(H,36,37,38). The van der Waals surface area contributed by atoms with Crippen LogP contribution in [0.4, 0.5) is 4.39 Å². The smallest absolute Gasteiger partial charge is 0.195 e. The first-order valence-electron chi connectivity index (χ1n) is 13.1. The third kappa shape index (κ3) is 4.89. The van der Waals surface area contributed by atoms with Crippen LogP contribution in [-0.2, 0) is 0 Å². The van der Waals surface area contributed by atoms with Gasteiger partial charge in [0, 0.05) is 16.7 Å². The van der Waals surface area contributed by atoms with Crippen molar-refractivity contribution in [3.8, 4) is 39.5 Å². The van der Waals surface area contributed by atoms with Gasteiger partial charge in [0.2, 0.25) is 0 Å². The van der Waals surface area contributed by atoms with E-state index in [1.165, 1.54) is 6.92 Å². The molecule has 0 saturated heterocycles. The van der Waals surface area contributed by atoms with Gasteiger partial charge in [-0.15, -0.1) is 0 Å². The minimum absolute atomic E-state index is 0.145. The van der Waals surface area contributed by atoms with Crippen molar-refractivity contribution in [2.75, 3.05) is 0 Å². The van der Waals surface area contributed by atoms with Crippen LogP contribution in [0.25, 0.3) is 22.3 Å². The van der Waals surface area contributed by atoms with Gasteiger partial charge in [-0.2, -0.15) is 0 Å². The number of hydrogen-bond acceptors (Lipinski definition) is 6. The molecule has 0 aromatic heterocycles. The Morgan fingerprint density at radius 3 is 1.59 bits per heavy atom. The Kier molecular flexibility index (Phi) is 6.69. The van der Waals surface area contributed by atoms with Crippen LogP contribution >= 0.6 is 0 Å². The predicted molar refractivity (Wildman–Crippen MR) is 159 cm³/mol. The zero-order chi connectivity index (χ0) is 28.5. The van der Waals surface area contributed by atoms with Crippen LogP contribution < -0.4 is 5.32 Å². The number of halogens is 1. The minimum Gasteiger partial charge on any atom is -0.507 e. The number of aromatic hydroxyl groups is 3. The largest absolute Gasteiger partial charge is 0.507 e. The highest BCUT2D eigenvalue weighted by molar-refractivity contribution is 6.13. The van der Waals surface area contributed by atoms with Gasteiger partial charge in [0.25, 0.3) is 0 Å². The Balaban J connectivity index is 1.43. The van der Waals surface area contributed by atoms with Crippen LogP contribution in [0.15, 0.2) is 119 Å². The highest BCUT2D eigenvalue weighted by atomic mass is 19.1. The van der Waals surface area contributed by atoms with Crippen molar-refractivity contribution < 1.29 is 19.7 Å². The maximum Gasteiger partial charge on any atom is 0.195 e. The Bertz CT molecular complexity index is 1760. The Labute approximate surface area is 236 Å². The molecule has 1 aliphatic heterocycles. The van der Waals surface area contributed by atoms with Gasteiger partial charge in [-0.3, -0.25) is 0 Å². The van der Waals surface area contributed by atoms with Crippen molar-refractivity contribution in [3.63, 3.8) is 0 Å². The van der Waals surface area contributed by atoms with Gasteiger partial charge in [0.1, 0.15) is 11.6 Å². The number of phenols is 3. The molecule has 0 aliphatic carbocycles. The summed E-state index contributed by atoms with van der Waals surface area (Å²) >= 11 is 0. The van der Waals surface area contributed by atoms with E-state index >= 15 is 0 Å². The van der Waals surface area contributed by atoms with E-state index in [4.69, 9.17) is 4.99 Å². The summed E-state index contributed by atoms with van der Waals surface area (Å²) < 4.78 is 14.4. The monoisotopic (exact) mass is 543 g/mol. The van der Waals surface area contributed by atoms with E-state index in [9.17, 15) is 19.7 Å². The molecule has 1 unspecified atom stereocenters. The maximum atomic E-state index is 14.4. The lowest BCUT2D eigenvalue weighted by molar-refractivity contribution is 0.357. The van der Waals surface area contributed by atoms with Gasteiger partial charge >= 0.3 is 0 Å². The molecular formula is C34H26FN3O3. The fraction of sp³-hybridized carbons (Fsp3) is 0.0588. The van der Waals surface area contributed by atoms with Crippen molar-refractivity contribution >= 4 is 11.7 Å². The minimum atomic E-state index is -1.09. The molecule has 5 aromatic carbocycles. The number of hydrogen-bond donors (Lipinski definition) is 4. The van der Waals surface area contributed by atoms with Gasteiger partial charge < -0.3 is 20.6 Å². The number of rotatable bonds is 5. The summed E-state index contributed by atoms with van der Waals surface area (Å²) in [7, 11) is 0. The third-order valence-electron chi connectivity index (χ3n) is 7.16. The molecule has 0 fully saturated rings. The summed E-state index contributed by atoms with van der Waals surface area (Å²) in [6.45, 7) is 1.32. The Hall–Kier alpha value is -5.43.